The molecule has 1 heterocycles. The maximum atomic E-state index is 10.4. The fourth-order valence-electron chi connectivity index (χ4n) is 0.818. The topological polar surface area (TPSA) is 128 Å². The molecular formula is C11H23ClN2O6. The van der Waals surface area contributed by atoms with Crippen molar-refractivity contribution in [2.45, 2.75) is 41.0 Å². The number of Topliss-reactive ketones (excluding diaryl/α,β-unsaturated/α-hetero) is 1. The van der Waals surface area contributed by atoms with Gasteiger partial charge in [-0.2, -0.15) is 0 Å². The normalized spacial score (nSPS) is 10.8. The minimum atomic E-state index is -0.440. The van der Waals surface area contributed by atoms with Gasteiger partial charge in [-0.3, -0.25) is 9.59 Å². The number of nitrogens with two attached hydrogens (primary N) is 1. The van der Waals surface area contributed by atoms with Crippen LogP contribution in [0.4, 0.5) is 0 Å². The molecule has 0 bridgehead atoms. The van der Waals surface area contributed by atoms with E-state index < -0.39 is 5.97 Å². The van der Waals surface area contributed by atoms with Crippen LogP contribution in [-0.2, 0) is 24.0 Å². The molecule has 0 saturated carbocycles. The molecule has 1 aliphatic rings. The Bertz CT molecular complexity index is 320. The Balaban J connectivity index is -0.000000106. The summed E-state index contributed by atoms with van der Waals surface area (Å²) in [5.74, 6) is 2.65. The highest BCUT2D eigenvalue weighted by Gasteiger charge is 2.11. The molecule has 0 atom stereocenters. The molecule has 8 nitrogen and oxygen atoms in total. The van der Waals surface area contributed by atoms with Crippen molar-refractivity contribution in [1.29, 1.82) is 0 Å². The van der Waals surface area contributed by atoms with Crippen molar-refractivity contribution in [2.24, 2.45) is 11.1 Å². The van der Waals surface area contributed by atoms with E-state index in [0.717, 1.165) is 5.71 Å². The molecule has 0 fully saturated rings. The Morgan fingerprint density at radius 2 is 1.95 bits per heavy atom. The van der Waals surface area contributed by atoms with Crippen molar-refractivity contribution in [3.05, 3.63) is 0 Å². The van der Waals surface area contributed by atoms with Crippen LogP contribution in [0.1, 0.15) is 41.0 Å². The number of carbonyl (C=O) groups is 3. The van der Waals surface area contributed by atoms with Gasteiger partial charge in [0.2, 0.25) is 0 Å². The highest BCUT2D eigenvalue weighted by atomic mass is 35.5. The first kappa shape index (κ1) is 26.9. The zero-order valence-electron chi connectivity index (χ0n) is 11.0. The van der Waals surface area contributed by atoms with Gasteiger partial charge in [-0.1, -0.05) is 12.6 Å². The number of ether oxygens (including phenoxy) is 1. The molecule has 3 N–H and O–H groups in total. The van der Waals surface area contributed by atoms with Gasteiger partial charge < -0.3 is 14.8 Å². The van der Waals surface area contributed by atoms with E-state index in [2.05, 4.69) is 20.6 Å². The lowest BCUT2D eigenvalue weighted by atomic mass is 10.3. The highest BCUT2D eigenvalue weighted by Crippen LogP contribution is 1.99. The number of carbonyl (C=O) groups excluding carboxylic acids is 3. The van der Waals surface area contributed by atoms with Crippen LogP contribution in [0.15, 0.2) is 5.16 Å². The summed E-state index contributed by atoms with van der Waals surface area (Å²) in [6.07, 6.45) is 0.258. The standard InChI is InChI=1S/C6H10O3.C4H5NO2.CH4.ClH.H3NO/c1-3-9-6(8)4-5(2)7;1-3-2-4(6)7-5-3;;;1-2/h3-4H2,1-2H3;2H2,1H3;1H4;1H;2H,1H2. The van der Waals surface area contributed by atoms with E-state index in [4.69, 9.17) is 5.21 Å². The minimum Gasteiger partial charge on any atom is -0.466 e. The highest BCUT2D eigenvalue weighted by molar-refractivity contribution is 6.00. The molecule has 20 heavy (non-hydrogen) atoms. The van der Waals surface area contributed by atoms with Crippen molar-refractivity contribution in [3.8, 4) is 0 Å². The van der Waals surface area contributed by atoms with Crippen molar-refractivity contribution >= 4 is 35.8 Å². The predicted octanol–water partition coefficient (Wildman–Crippen LogP) is 1.23. The molecule has 0 unspecified atom stereocenters. The number of nitrogens with zero attached hydrogens (tertiary/aromatic N) is 1. The monoisotopic (exact) mass is 314 g/mol. The maximum Gasteiger partial charge on any atom is 0.340 e. The molecule has 0 aromatic rings. The van der Waals surface area contributed by atoms with E-state index >= 15 is 0 Å². The van der Waals surface area contributed by atoms with Crippen LogP contribution < -0.4 is 5.90 Å². The van der Waals surface area contributed by atoms with E-state index in [1.807, 2.05) is 0 Å². The van der Waals surface area contributed by atoms with Crippen LogP contribution in [-0.4, -0.2) is 35.2 Å². The average Bonchev–Trinajstić information content (AvgIpc) is 2.65. The third-order valence-corrected chi connectivity index (χ3v) is 1.40. The zero-order valence-corrected chi connectivity index (χ0v) is 11.9. The lowest BCUT2D eigenvalue weighted by Gasteiger charge is -1.96. The second kappa shape index (κ2) is 17.5. The summed E-state index contributed by atoms with van der Waals surface area (Å²) in [6.45, 7) is 5.16. The molecule has 0 aromatic heterocycles. The molecular weight excluding hydrogens is 292 g/mol. The predicted molar refractivity (Wildman–Crippen MR) is 75.7 cm³/mol. The van der Waals surface area contributed by atoms with E-state index in [9.17, 15) is 14.4 Å². The molecule has 0 radical (unpaired) electrons. The summed E-state index contributed by atoms with van der Waals surface area (Å²) in [5.41, 5.74) is 0.755. The number of rotatable bonds is 3. The lowest BCUT2D eigenvalue weighted by Crippen LogP contribution is -2.07. The minimum absolute atomic E-state index is 0. The molecule has 0 amide bonds. The van der Waals surface area contributed by atoms with Crippen molar-refractivity contribution in [2.75, 3.05) is 6.61 Å². The van der Waals surface area contributed by atoms with Crippen molar-refractivity contribution in [3.63, 3.8) is 0 Å². The van der Waals surface area contributed by atoms with Gasteiger partial charge in [0.1, 0.15) is 12.2 Å². The summed E-state index contributed by atoms with van der Waals surface area (Å²) in [6, 6.07) is 0. The van der Waals surface area contributed by atoms with Crippen LogP contribution in [0.2, 0.25) is 0 Å². The largest absolute Gasteiger partial charge is 0.466 e. The first-order chi connectivity index (χ1) is 8.45. The van der Waals surface area contributed by atoms with Crippen LogP contribution in [0, 0.1) is 0 Å². The third-order valence-electron chi connectivity index (χ3n) is 1.40. The van der Waals surface area contributed by atoms with Crippen molar-refractivity contribution < 1.29 is 29.2 Å². The second-order valence-electron chi connectivity index (χ2n) is 3.15. The van der Waals surface area contributed by atoms with Gasteiger partial charge in [0.05, 0.1) is 18.7 Å². The van der Waals surface area contributed by atoms with Crippen LogP contribution in [0.3, 0.4) is 0 Å². The Hall–Kier alpha value is -1.51. The number of ketones is 1. The fraction of sp³-hybridized carbons (Fsp3) is 0.636. The summed E-state index contributed by atoms with van der Waals surface area (Å²) in [4.78, 5) is 35.0. The van der Waals surface area contributed by atoms with Gasteiger partial charge in [0.15, 0.2) is 0 Å². The first-order valence-corrected chi connectivity index (χ1v) is 5.09. The van der Waals surface area contributed by atoms with E-state index in [1.165, 1.54) is 6.92 Å². The van der Waals surface area contributed by atoms with Crippen LogP contribution in [0.25, 0.3) is 0 Å². The Labute approximate surface area is 124 Å². The smallest absolute Gasteiger partial charge is 0.340 e. The summed E-state index contributed by atoms with van der Waals surface area (Å²) in [7, 11) is 0. The SMILES string of the molecule is C.CC1=NOC(=O)C1.CCOC(=O)CC(C)=O.Cl.NO. The van der Waals surface area contributed by atoms with Gasteiger partial charge in [0.25, 0.3) is 0 Å². The second-order valence-corrected chi connectivity index (χ2v) is 3.15. The Morgan fingerprint density at radius 3 is 2.15 bits per heavy atom. The Kier molecular flexibility index (Phi) is 23.6. The van der Waals surface area contributed by atoms with Gasteiger partial charge in [0, 0.05) is 0 Å². The van der Waals surface area contributed by atoms with Gasteiger partial charge >= 0.3 is 11.9 Å². The van der Waals surface area contributed by atoms with Gasteiger partial charge in [-0.15, -0.1) is 12.4 Å². The molecule has 0 aromatic carbocycles. The first-order valence-electron chi connectivity index (χ1n) is 5.09. The third kappa shape index (κ3) is 18.8. The maximum absolute atomic E-state index is 10.4. The molecule has 0 saturated heterocycles. The molecule has 0 aliphatic carbocycles. The number of hydrogen-bond acceptors (Lipinski definition) is 8. The van der Waals surface area contributed by atoms with E-state index in [0.29, 0.717) is 13.0 Å². The van der Waals surface area contributed by atoms with Crippen LogP contribution in [0.5, 0.6) is 0 Å². The molecule has 0 spiro atoms. The van der Waals surface area contributed by atoms with Gasteiger partial charge in [-0.05, 0) is 20.8 Å². The Morgan fingerprint density at radius 1 is 1.45 bits per heavy atom. The number of esters is 1. The fourth-order valence-corrected chi connectivity index (χ4v) is 0.818. The number of oxime groups is 1. The molecule has 9 heteroatoms. The van der Waals surface area contributed by atoms with E-state index in [1.54, 1.807) is 13.8 Å². The zero-order chi connectivity index (χ0) is 14.6. The summed E-state index contributed by atoms with van der Waals surface area (Å²) in [5, 5.41) is 9.88. The van der Waals surface area contributed by atoms with Gasteiger partial charge in [-0.25, -0.2) is 10.7 Å². The molecule has 1 aliphatic heterocycles. The lowest BCUT2D eigenvalue weighted by molar-refractivity contribution is -0.145. The van der Waals surface area contributed by atoms with E-state index in [-0.39, 0.29) is 38.0 Å². The molecule has 120 valence electrons. The van der Waals surface area contributed by atoms with Crippen LogP contribution >= 0.6 is 12.4 Å². The number of hydrogen-bond donors (Lipinski definition) is 2. The number of halogens is 1. The quantitative estimate of drug-likeness (QED) is 0.347. The summed E-state index contributed by atoms with van der Waals surface area (Å²) >= 11 is 0. The molecule has 1 rings (SSSR count). The average molecular weight is 315 g/mol. The summed E-state index contributed by atoms with van der Waals surface area (Å²) < 4.78 is 4.49. The van der Waals surface area contributed by atoms with Crippen molar-refractivity contribution in [1.82, 2.24) is 0 Å².